The number of benzene rings is 1. The smallest absolute Gasteiger partial charge is 0.119 e. The second kappa shape index (κ2) is 7.65. The molecule has 0 spiro atoms. The van der Waals surface area contributed by atoms with Gasteiger partial charge in [0, 0.05) is 18.6 Å². The molecule has 1 aliphatic carbocycles. The summed E-state index contributed by atoms with van der Waals surface area (Å²) >= 11 is 0. The van der Waals surface area contributed by atoms with E-state index in [9.17, 15) is 0 Å². The van der Waals surface area contributed by atoms with Crippen LogP contribution in [0.3, 0.4) is 0 Å². The number of rotatable bonds is 9. The number of ether oxygens (including phenoxy) is 1. The predicted molar refractivity (Wildman–Crippen MR) is 84.0 cm³/mol. The number of nitrogens with zero attached hydrogens (tertiary/aromatic N) is 1. The van der Waals surface area contributed by atoms with Gasteiger partial charge in [0.15, 0.2) is 0 Å². The molecule has 0 aromatic heterocycles. The lowest BCUT2D eigenvalue weighted by Gasteiger charge is -2.25. The maximum atomic E-state index is 6.37. The Morgan fingerprint density at radius 3 is 2.50 bits per heavy atom. The lowest BCUT2D eigenvalue weighted by molar-refractivity contribution is 0.243. The van der Waals surface area contributed by atoms with Gasteiger partial charge in [-0.25, -0.2) is 0 Å². The van der Waals surface area contributed by atoms with Gasteiger partial charge in [-0.2, -0.15) is 0 Å². The van der Waals surface area contributed by atoms with Crippen molar-refractivity contribution in [1.82, 2.24) is 4.90 Å². The van der Waals surface area contributed by atoms with Crippen molar-refractivity contribution in [2.45, 2.75) is 51.6 Å². The fraction of sp³-hybridized carbons (Fsp3) is 0.647. The number of nitrogens with two attached hydrogens (primary N) is 1. The topological polar surface area (TPSA) is 38.5 Å². The molecular formula is C17H28N2O. The van der Waals surface area contributed by atoms with Crippen LogP contribution in [0.5, 0.6) is 5.75 Å². The average molecular weight is 276 g/mol. The summed E-state index contributed by atoms with van der Waals surface area (Å²) < 4.78 is 5.47. The SMILES string of the molecule is CCCCN(CC(N)c1ccc(OCC)cc1)C1CC1. The summed E-state index contributed by atoms with van der Waals surface area (Å²) in [6.45, 7) is 7.11. The van der Waals surface area contributed by atoms with Gasteiger partial charge in [-0.05, 0) is 50.4 Å². The van der Waals surface area contributed by atoms with Gasteiger partial charge in [0.1, 0.15) is 5.75 Å². The summed E-state index contributed by atoms with van der Waals surface area (Å²) in [7, 11) is 0. The largest absolute Gasteiger partial charge is 0.494 e. The van der Waals surface area contributed by atoms with Crippen LogP contribution in [0, 0.1) is 0 Å². The van der Waals surface area contributed by atoms with Crippen LogP contribution in [0.2, 0.25) is 0 Å². The van der Waals surface area contributed by atoms with Crippen molar-refractivity contribution >= 4 is 0 Å². The first-order valence-electron chi connectivity index (χ1n) is 7.97. The minimum absolute atomic E-state index is 0.100. The lowest BCUT2D eigenvalue weighted by atomic mass is 10.1. The quantitative estimate of drug-likeness (QED) is 0.751. The third-order valence-corrected chi connectivity index (χ3v) is 3.91. The molecule has 3 nitrogen and oxygen atoms in total. The van der Waals surface area contributed by atoms with E-state index >= 15 is 0 Å². The molecule has 20 heavy (non-hydrogen) atoms. The zero-order valence-electron chi connectivity index (χ0n) is 12.8. The third-order valence-electron chi connectivity index (χ3n) is 3.91. The Kier molecular flexibility index (Phi) is 5.86. The second-order valence-corrected chi connectivity index (χ2v) is 5.69. The van der Waals surface area contributed by atoms with Crippen LogP contribution in [0.4, 0.5) is 0 Å². The van der Waals surface area contributed by atoms with Crippen LogP contribution in [-0.4, -0.2) is 30.6 Å². The van der Waals surface area contributed by atoms with Crippen LogP contribution < -0.4 is 10.5 Å². The van der Waals surface area contributed by atoms with Gasteiger partial charge >= 0.3 is 0 Å². The first kappa shape index (κ1) is 15.3. The molecule has 2 N–H and O–H groups in total. The fourth-order valence-corrected chi connectivity index (χ4v) is 2.56. The molecule has 1 fully saturated rings. The highest BCUT2D eigenvalue weighted by Gasteiger charge is 2.29. The Bertz CT molecular complexity index is 386. The molecule has 0 aliphatic heterocycles. The van der Waals surface area contributed by atoms with Crippen LogP contribution in [0.25, 0.3) is 0 Å². The van der Waals surface area contributed by atoms with E-state index in [1.807, 2.05) is 19.1 Å². The molecule has 1 saturated carbocycles. The molecule has 2 rings (SSSR count). The normalized spacial score (nSPS) is 16.4. The Morgan fingerprint density at radius 2 is 1.95 bits per heavy atom. The summed E-state index contributed by atoms with van der Waals surface area (Å²) in [5.74, 6) is 0.925. The molecule has 0 amide bonds. The first-order chi connectivity index (χ1) is 9.74. The Balaban J connectivity index is 1.89. The molecular weight excluding hydrogens is 248 g/mol. The van der Waals surface area contributed by atoms with E-state index in [4.69, 9.17) is 10.5 Å². The number of unbranched alkanes of at least 4 members (excludes halogenated alkanes) is 1. The molecule has 1 aromatic carbocycles. The Morgan fingerprint density at radius 1 is 1.25 bits per heavy atom. The van der Waals surface area contributed by atoms with Crippen molar-refractivity contribution in [2.24, 2.45) is 5.73 Å². The van der Waals surface area contributed by atoms with Crippen molar-refractivity contribution < 1.29 is 4.74 Å². The van der Waals surface area contributed by atoms with E-state index in [1.54, 1.807) is 0 Å². The van der Waals surface area contributed by atoms with Gasteiger partial charge < -0.3 is 10.5 Å². The highest BCUT2D eigenvalue weighted by atomic mass is 16.5. The van der Waals surface area contributed by atoms with Crippen LogP contribution in [0.1, 0.15) is 51.1 Å². The fourth-order valence-electron chi connectivity index (χ4n) is 2.56. The molecule has 0 heterocycles. The van der Waals surface area contributed by atoms with E-state index < -0.39 is 0 Å². The Labute approximate surface area is 123 Å². The summed E-state index contributed by atoms with van der Waals surface area (Å²) in [6, 6.07) is 9.12. The zero-order chi connectivity index (χ0) is 14.4. The highest BCUT2D eigenvalue weighted by Crippen LogP contribution is 2.29. The molecule has 1 aliphatic rings. The molecule has 112 valence electrons. The average Bonchev–Trinajstić information content (AvgIpc) is 3.29. The van der Waals surface area contributed by atoms with Gasteiger partial charge in [0.25, 0.3) is 0 Å². The molecule has 1 aromatic rings. The van der Waals surface area contributed by atoms with Crippen LogP contribution in [-0.2, 0) is 0 Å². The van der Waals surface area contributed by atoms with Crippen molar-refractivity contribution in [3.05, 3.63) is 29.8 Å². The van der Waals surface area contributed by atoms with E-state index in [-0.39, 0.29) is 6.04 Å². The number of hydrogen-bond acceptors (Lipinski definition) is 3. The van der Waals surface area contributed by atoms with E-state index in [0.717, 1.165) is 18.3 Å². The molecule has 3 heteroatoms. The summed E-state index contributed by atoms with van der Waals surface area (Å²) in [5, 5.41) is 0. The van der Waals surface area contributed by atoms with Crippen molar-refractivity contribution in [3.8, 4) is 5.75 Å². The van der Waals surface area contributed by atoms with E-state index in [2.05, 4.69) is 24.0 Å². The van der Waals surface area contributed by atoms with Gasteiger partial charge in [-0.1, -0.05) is 25.5 Å². The summed E-state index contributed by atoms with van der Waals surface area (Å²) in [6.07, 6.45) is 5.22. The van der Waals surface area contributed by atoms with Crippen LogP contribution >= 0.6 is 0 Å². The molecule has 1 atom stereocenters. The Hall–Kier alpha value is -1.06. The standard InChI is InChI=1S/C17H28N2O/c1-3-5-12-19(15-8-9-15)13-17(18)14-6-10-16(11-7-14)20-4-2/h6-7,10-11,15,17H,3-5,8-9,12-13,18H2,1-2H3. The van der Waals surface area contributed by atoms with Gasteiger partial charge in [0.2, 0.25) is 0 Å². The van der Waals surface area contributed by atoms with Crippen molar-refractivity contribution in [1.29, 1.82) is 0 Å². The van der Waals surface area contributed by atoms with Gasteiger partial charge in [0.05, 0.1) is 6.61 Å². The lowest BCUT2D eigenvalue weighted by Crippen LogP contribution is -2.34. The monoisotopic (exact) mass is 276 g/mol. The van der Waals surface area contributed by atoms with Gasteiger partial charge in [-0.15, -0.1) is 0 Å². The predicted octanol–water partition coefficient (Wildman–Crippen LogP) is 3.35. The molecule has 0 radical (unpaired) electrons. The molecule has 1 unspecified atom stereocenters. The number of hydrogen-bond donors (Lipinski definition) is 1. The maximum absolute atomic E-state index is 6.37. The minimum atomic E-state index is 0.100. The summed E-state index contributed by atoms with van der Waals surface area (Å²) in [5.41, 5.74) is 7.58. The third kappa shape index (κ3) is 4.50. The molecule has 0 saturated heterocycles. The second-order valence-electron chi connectivity index (χ2n) is 5.69. The van der Waals surface area contributed by atoms with E-state index in [0.29, 0.717) is 6.61 Å². The highest BCUT2D eigenvalue weighted by molar-refractivity contribution is 5.29. The summed E-state index contributed by atoms with van der Waals surface area (Å²) in [4.78, 5) is 2.57. The first-order valence-corrected chi connectivity index (χ1v) is 7.97. The van der Waals surface area contributed by atoms with Crippen molar-refractivity contribution in [2.75, 3.05) is 19.7 Å². The zero-order valence-corrected chi connectivity index (χ0v) is 12.8. The van der Waals surface area contributed by atoms with Crippen LogP contribution in [0.15, 0.2) is 24.3 Å². The van der Waals surface area contributed by atoms with Gasteiger partial charge in [-0.3, -0.25) is 4.90 Å². The maximum Gasteiger partial charge on any atom is 0.119 e. The van der Waals surface area contributed by atoms with Crippen molar-refractivity contribution in [3.63, 3.8) is 0 Å². The molecule has 0 bridgehead atoms. The minimum Gasteiger partial charge on any atom is -0.494 e. The van der Waals surface area contributed by atoms with E-state index in [1.165, 1.54) is 37.8 Å².